The fourth-order valence-corrected chi connectivity index (χ4v) is 2.74. The van der Waals surface area contributed by atoms with E-state index in [2.05, 4.69) is 35.5 Å². The summed E-state index contributed by atoms with van der Waals surface area (Å²) < 4.78 is 26.7. The van der Waals surface area contributed by atoms with Crippen LogP contribution in [0.2, 0.25) is 0 Å². The first-order valence-electron chi connectivity index (χ1n) is 7.21. The predicted molar refractivity (Wildman–Crippen MR) is 84.3 cm³/mol. The normalized spacial score (nSPS) is 12.3. The zero-order chi connectivity index (χ0) is 15.9. The molecule has 0 bridgehead atoms. The van der Waals surface area contributed by atoms with Gasteiger partial charge in [0, 0.05) is 25.3 Å². The van der Waals surface area contributed by atoms with Gasteiger partial charge in [-0.25, -0.2) is 13.1 Å². The largest absolute Gasteiger partial charge is 0.325 e. The van der Waals surface area contributed by atoms with E-state index in [1.807, 2.05) is 0 Å². The van der Waals surface area contributed by atoms with E-state index in [0.29, 0.717) is 24.8 Å². The summed E-state index contributed by atoms with van der Waals surface area (Å²) in [5, 5.41) is 0. The van der Waals surface area contributed by atoms with Gasteiger partial charge in [0.05, 0.1) is 5.69 Å². The lowest BCUT2D eigenvalue weighted by Crippen LogP contribution is -2.29. The highest BCUT2D eigenvalue weighted by Gasteiger charge is 2.13. The minimum Gasteiger partial charge on any atom is -0.325 e. The van der Waals surface area contributed by atoms with Gasteiger partial charge >= 0.3 is 0 Å². The molecule has 120 valence electrons. The third-order valence-electron chi connectivity index (χ3n) is 3.43. The molecule has 0 saturated carbocycles. The van der Waals surface area contributed by atoms with Crippen molar-refractivity contribution < 1.29 is 8.42 Å². The molecule has 7 heteroatoms. The van der Waals surface area contributed by atoms with Gasteiger partial charge in [-0.15, -0.1) is 0 Å². The van der Waals surface area contributed by atoms with E-state index in [4.69, 9.17) is 5.73 Å². The Hall–Kier alpha value is -1.02. The summed E-state index contributed by atoms with van der Waals surface area (Å²) in [4.78, 5) is 6.42. The number of nitrogens with zero attached hydrogens (tertiary/aromatic N) is 2. The summed E-state index contributed by atoms with van der Waals surface area (Å²) in [7, 11) is -1.40. The fraction of sp³-hybridized carbons (Fsp3) is 0.643. The van der Waals surface area contributed by atoms with Gasteiger partial charge in [0.25, 0.3) is 0 Å². The monoisotopic (exact) mass is 314 g/mol. The molecular weight excluding hydrogens is 288 g/mol. The summed E-state index contributed by atoms with van der Waals surface area (Å²) in [5.41, 5.74) is 6.11. The lowest BCUT2D eigenvalue weighted by molar-refractivity contribution is 0.268. The molecule has 1 aromatic heterocycles. The zero-order valence-electron chi connectivity index (χ0n) is 13.0. The molecular formula is C14H26N4O2S. The molecule has 0 saturated heterocycles. The Balaban J connectivity index is 2.39. The van der Waals surface area contributed by atoms with Gasteiger partial charge in [0.2, 0.25) is 10.0 Å². The van der Waals surface area contributed by atoms with Crippen LogP contribution in [-0.4, -0.2) is 44.5 Å². The van der Waals surface area contributed by atoms with E-state index in [-0.39, 0.29) is 4.90 Å². The van der Waals surface area contributed by atoms with Crippen molar-refractivity contribution in [3.8, 4) is 0 Å². The van der Waals surface area contributed by atoms with Crippen molar-refractivity contribution in [3.05, 3.63) is 24.0 Å². The summed E-state index contributed by atoms with van der Waals surface area (Å²) >= 11 is 0. The van der Waals surface area contributed by atoms with Gasteiger partial charge in [-0.1, -0.05) is 0 Å². The van der Waals surface area contributed by atoms with Crippen LogP contribution in [0.5, 0.6) is 0 Å². The third-order valence-corrected chi connectivity index (χ3v) is 4.87. The molecule has 3 N–H and O–H groups in total. The number of hydrogen-bond donors (Lipinski definition) is 2. The number of unbranched alkanes of at least 4 members (excludes halogenated alkanes) is 1. The molecule has 0 aliphatic carbocycles. The van der Waals surface area contributed by atoms with Crippen LogP contribution in [0.15, 0.2) is 23.2 Å². The molecule has 0 aliphatic heterocycles. The number of hydrogen-bond acceptors (Lipinski definition) is 5. The van der Waals surface area contributed by atoms with Crippen LogP contribution in [0.25, 0.3) is 0 Å². The summed E-state index contributed by atoms with van der Waals surface area (Å²) in [6, 6.07) is 3.67. The fourth-order valence-electron chi connectivity index (χ4n) is 1.72. The molecule has 0 spiro atoms. The Morgan fingerprint density at radius 2 is 2.05 bits per heavy atom. The predicted octanol–water partition coefficient (Wildman–Crippen LogP) is 0.939. The van der Waals surface area contributed by atoms with E-state index in [1.54, 1.807) is 6.07 Å². The first kappa shape index (κ1) is 18.0. The van der Waals surface area contributed by atoms with E-state index < -0.39 is 10.0 Å². The lowest BCUT2D eigenvalue weighted by atomic mass is 10.2. The Kier molecular flexibility index (Phi) is 7.24. The van der Waals surface area contributed by atoms with E-state index >= 15 is 0 Å². The van der Waals surface area contributed by atoms with Gasteiger partial charge in [0.1, 0.15) is 4.90 Å². The van der Waals surface area contributed by atoms with Crippen molar-refractivity contribution in [2.45, 2.75) is 44.2 Å². The van der Waals surface area contributed by atoms with Crippen molar-refractivity contribution in [2.75, 3.05) is 20.1 Å². The number of nitrogens with one attached hydrogen (secondary N) is 1. The van der Waals surface area contributed by atoms with Crippen LogP contribution in [0.4, 0.5) is 0 Å². The second-order valence-electron chi connectivity index (χ2n) is 5.37. The van der Waals surface area contributed by atoms with Gasteiger partial charge in [-0.3, -0.25) is 4.98 Å². The number of nitrogens with two attached hydrogens (primary N) is 1. The Morgan fingerprint density at radius 1 is 1.33 bits per heavy atom. The molecule has 1 aromatic rings. The van der Waals surface area contributed by atoms with Crippen LogP contribution >= 0.6 is 0 Å². The standard InChI is InChI=1S/C14H26N4O2S/c1-12(2)18(3)9-5-4-8-17-21(19,20)14-7-6-13(10-15)16-11-14/h6-7,11-12,17H,4-5,8-10,15H2,1-3H3. The first-order valence-corrected chi connectivity index (χ1v) is 8.70. The highest BCUT2D eigenvalue weighted by atomic mass is 32.2. The summed E-state index contributed by atoms with van der Waals surface area (Å²) in [6.45, 7) is 5.98. The Morgan fingerprint density at radius 3 is 2.57 bits per heavy atom. The van der Waals surface area contributed by atoms with E-state index in [1.165, 1.54) is 12.3 Å². The highest BCUT2D eigenvalue weighted by Crippen LogP contribution is 2.07. The van der Waals surface area contributed by atoms with Crippen molar-refractivity contribution >= 4 is 10.0 Å². The topological polar surface area (TPSA) is 88.3 Å². The van der Waals surface area contributed by atoms with Gasteiger partial charge in [0.15, 0.2) is 0 Å². The number of sulfonamides is 1. The molecule has 0 aromatic carbocycles. The SMILES string of the molecule is CC(C)N(C)CCCCNS(=O)(=O)c1ccc(CN)nc1. The van der Waals surface area contributed by atoms with Crippen LogP contribution < -0.4 is 10.5 Å². The maximum absolute atomic E-state index is 12.0. The summed E-state index contributed by atoms with van der Waals surface area (Å²) in [6.07, 6.45) is 3.11. The van der Waals surface area contributed by atoms with Crippen LogP contribution in [0, 0.1) is 0 Å². The van der Waals surface area contributed by atoms with Crippen molar-refractivity contribution in [1.82, 2.24) is 14.6 Å². The van der Waals surface area contributed by atoms with Crippen molar-refractivity contribution in [1.29, 1.82) is 0 Å². The molecule has 0 fully saturated rings. The molecule has 21 heavy (non-hydrogen) atoms. The Bertz CT molecular complexity index is 514. The molecule has 0 amide bonds. The molecule has 0 atom stereocenters. The van der Waals surface area contributed by atoms with E-state index in [0.717, 1.165) is 19.4 Å². The molecule has 6 nitrogen and oxygen atoms in total. The van der Waals surface area contributed by atoms with E-state index in [9.17, 15) is 8.42 Å². The number of rotatable bonds is 9. The maximum atomic E-state index is 12.0. The second-order valence-corrected chi connectivity index (χ2v) is 7.14. The lowest BCUT2D eigenvalue weighted by Gasteiger charge is -2.20. The summed E-state index contributed by atoms with van der Waals surface area (Å²) in [5.74, 6) is 0. The quantitative estimate of drug-likeness (QED) is 0.662. The van der Waals surface area contributed by atoms with Crippen LogP contribution in [-0.2, 0) is 16.6 Å². The molecule has 0 radical (unpaired) electrons. The minimum atomic E-state index is -3.47. The molecule has 0 unspecified atom stereocenters. The second kappa shape index (κ2) is 8.43. The van der Waals surface area contributed by atoms with Gasteiger partial charge in [-0.2, -0.15) is 0 Å². The molecule has 1 heterocycles. The average molecular weight is 314 g/mol. The van der Waals surface area contributed by atoms with Crippen LogP contribution in [0.3, 0.4) is 0 Å². The maximum Gasteiger partial charge on any atom is 0.242 e. The third kappa shape index (κ3) is 6.09. The van der Waals surface area contributed by atoms with Crippen molar-refractivity contribution in [2.24, 2.45) is 5.73 Å². The smallest absolute Gasteiger partial charge is 0.242 e. The first-order chi connectivity index (χ1) is 9.86. The zero-order valence-corrected chi connectivity index (χ0v) is 13.9. The minimum absolute atomic E-state index is 0.180. The molecule has 0 aliphatic rings. The van der Waals surface area contributed by atoms with Gasteiger partial charge < -0.3 is 10.6 Å². The van der Waals surface area contributed by atoms with Crippen molar-refractivity contribution in [3.63, 3.8) is 0 Å². The van der Waals surface area contributed by atoms with Crippen LogP contribution in [0.1, 0.15) is 32.4 Å². The Labute approximate surface area is 127 Å². The highest BCUT2D eigenvalue weighted by molar-refractivity contribution is 7.89. The molecule has 1 rings (SSSR count). The van der Waals surface area contributed by atoms with Gasteiger partial charge in [-0.05, 0) is 52.4 Å². The number of pyridine rings is 1. The number of aromatic nitrogens is 1. The average Bonchev–Trinajstić information content (AvgIpc) is 2.46.